The van der Waals surface area contributed by atoms with Gasteiger partial charge in [-0.25, -0.2) is 23.3 Å². The molecule has 0 aromatic carbocycles. The van der Waals surface area contributed by atoms with Gasteiger partial charge < -0.3 is 24.8 Å². The zero-order valence-corrected chi connectivity index (χ0v) is 13.9. The fraction of sp³-hybridized carbons (Fsp3) is 0.429. The van der Waals surface area contributed by atoms with Crippen LogP contribution in [0.15, 0.2) is 34.4 Å². The second-order valence-corrected chi connectivity index (χ2v) is 3.99. The van der Waals surface area contributed by atoms with E-state index < -0.39 is 0 Å². The topological polar surface area (TPSA) is 0 Å². The van der Waals surface area contributed by atoms with Crippen molar-refractivity contribution in [3.8, 4) is 0 Å². The Morgan fingerprint density at radius 3 is 1.12 bits per heavy atom. The SMILES string of the molecule is CC1=[C-]C(C)=CC1.CC1=[C-]C(C)=CC1.[Cl-].[Cl-].[Ti+4]. The molecule has 0 fully saturated rings. The molecule has 0 bridgehead atoms. The maximum atomic E-state index is 3.19. The summed E-state index contributed by atoms with van der Waals surface area (Å²) < 4.78 is 0. The molecule has 0 saturated heterocycles. The molecule has 0 atom stereocenters. The smallest absolute Gasteiger partial charge is 1.00 e. The number of hydrogen-bond donors (Lipinski definition) is 0. The Kier molecular flexibility index (Phi) is 15.0. The predicted octanol–water partition coefficient (Wildman–Crippen LogP) is -1.82. The van der Waals surface area contributed by atoms with Crippen molar-refractivity contribution in [1.82, 2.24) is 0 Å². The monoisotopic (exact) mass is 304 g/mol. The number of halogens is 2. The van der Waals surface area contributed by atoms with E-state index in [-0.39, 0.29) is 46.5 Å². The summed E-state index contributed by atoms with van der Waals surface area (Å²) in [6.07, 6.45) is 13.0. The van der Waals surface area contributed by atoms with E-state index in [0.717, 1.165) is 12.8 Å². The van der Waals surface area contributed by atoms with Crippen LogP contribution in [0.5, 0.6) is 0 Å². The summed E-state index contributed by atoms with van der Waals surface area (Å²) in [6.45, 7) is 8.37. The summed E-state index contributed by atoms with van der Waals surface area (Å²) in [7, 11) is 0. The summed E-state index contributed by atoms with van der Waals surface area (Å²) >= 11 is 0. The van der Waals surface area contributed by atoms with Crippen molar-refractivity contribution < 1.29 is 46.5 Å². The van der Waals surface area contributed by atoms with Crippen LogP contribution in [0, 0.1) is 12.2 Å². The molecule has 92 valence electrons. The molecule has 0 N–H and O–H groups in total. The van der Waals surface area contributed by atoms with Gasteiger partial charge in [0.2, 0.25) is 0 Å². The van der Waals surface area contributed by atoms with Gasteiger partial charge in [-0.15, -0.1) is 0 Å². The van der Waals surface area contributed by atoms with Crippen molar-refractivity contribution in [2.45, 2.75) is 40.5 Å². The van der Waals surface area contributed by atoms with Crippen molar-refractivity contribution in [1.29, 1.82) is 0 Å². The summed E-state index contributed by atoms with van der Waals surface area (Å²) in [5.41, 5.74) is 5.30. The standard InChI is InChI=1S/2C7H9.2ClH.Ti/c2*1-6-3-4-7(2)5-6;;;/h2*3H,4H2,1-2H3;2*1H;/q2*-1;;;+4/p-2. The molecule has 0 nitrogen and oxygen atoms in total. The minimum absolute atomic E-state index is 0. The first-order valence-corrected chi connectivity index (χ1v) is 5.10. The van der Waals surface area contributed by atoms with Crippen LogP contribution in [-0.2, 0) is 21.7 Å². The van der Waals surface area contributed by atoms with Crippen molar-refractivity contribution >= 4 is 0 Å². The second-order valence-electron chi connectivity index (χ2n) is 3.99. The fourth-order valence-corrected chi connectivity index (χ4v) is 1.49. The first kappa shape index (κ1) is 22.4. The van der Waals surface area contributed by atoms with Crippen LogP contribution in [0.25, 0.3) is 0 Å². The van der Waals surface area contributed by atoms with Gasteiger partial charge in [0.15, 0.2) is 0 Å². The third-order valence-electron chi connectivity index (χ3n) is 2.25. The van der Waals surface area contributed by atoms with Crippen LogP contribution in [0.4, 0.5) is 0 Å². The van der Waals surface area contributed by atoms with E-state index in [1.165, 1.54) is 22.3 Å². The molecular formula is C14H18Cl2Ti. The molecule has 0 aliphatic heterocycles. The van der Waals surface area contributed by atoms with Gasteiger partial charge in [-0.3, -0.25) is 12.2 Å². The van der Waals surface area contributed by atoms with Gasteiger partial charge in [-0.2, -0.15) is 11.1 Å². The molecule has 0 radical (unpaired) electrons. The normalized spacial score (nSPS) is 15.8. The zero-order valence-electron chi connectivity index (χ0n) is 10.8. The van der Waals surface area contributed by atoms with Gasteiger partial charge >= 0.3 is 21.7 Å². The second kappa shape index (κ2) is 11.4. The molecule has 2 rings (SSSR count). The molecule has 2 aliphatic rings. The largest absolute Gasteiger partial charge is 4.00 e. The quantitative estimate of drug-likeness (QED) is 0.365. The average Bonchev–Trinajstić information content (AvgIpc) is 2.63. The van der Waals surface area contributed by atoms with Gasteiger partial charge in [-0.05, 0) is 0 Å². The van der Waals surface area contributed by atoms with Crippen molar-refractivity contribution in [2.24, 2.45) is 0 Å². The minimum Gasteiger partial charge on any atom is -1.00 e. The minimum atomic E-state index is 0. The van der Waals surface area contributed by atoms with Crippen LogP contribution in [0.2, 0.25) is 0 Å². The van der Waals surface area contributed by atoms with Crippen molar-refractivity contribution in [3.63, 3.8) is 0 Å². The molecule has 0 saturated carbocycles. The summed E-state index contributed by atoms with van der Waals surface area (Å²) in [4.78, 5) is 0. The Bertz CT molecular complexity index is 302. The van der Waals surface area contributed by atoms with E-state index in [9.17, 15) is 0 Å². The molecule has 0 heterocycles. The average molecular weight is 305 g/mol. The zero-order chi connectivity index (χ0) is 10.6. The van der Waals surface area contributed by atoms with Gasteiger partial charge in [0.05, 0.1) is 0 Å². The van der Waals surface area contributed by atoms with E-state index in [2.05, 4.69) is 52.0 Å². The Morgan fingerprint density at radius 2 is 1.06 bits per heavy atom. The van der Waals surface area contributed by atoms with Crippen LogP contribution in [-0.4, -0.2) is 0 Å². The summed E-state index contributed by atoms with van der Waals surface area (Å²) in [5.74, 6) is 0. The number of rotatable bonds is 0. The van der Waals surface area contributed by atoms with Crippen molar-refractivity contribution in [3.05, 3.63) is 46.6 Å². The molecule has 0 aromatic heterocycles. The maximum Gasteiger partial charge on any atom is 4.00 e. The molecule has 2 aliphatic carbocycles. The first-order chi connectivity index (χ1) is 6.58. The van der Waals surface area contributed by atoms with E-state index in [1.54, 1.807) is 0 Å². The van der Waals surface area contributed by atoms with Crippen LogP contribution in [0.1, 0.15) is 40.5 Å². The van der Waals surface area contributed by atoms with Crippen molar-refractivity contribution in [2.75, 3.05) is 0 Å². The van der Waals surface area contributed by atoms with Gasteiger partial charge in [0, 0.05) is 0 Å². The Morgan fingerprint density at radius 1 is 0.765 bits per heavy atom. The predicted molar refractivity (Wildman–Crippen MR) is 61.6 cm³/mol. The summed E-state index contributed by atoms with van der Waals surface area (Å²) in [6, 6.07) is 0. The number of allylic oxidation sites excluding steroid dienone is 8. The van der Waals surface area contributed by atoms with E-state index in [4.69, 9.17) is 0 Å². The van der Waals surface area contributed by atoms with E-state index in [1.807, 2.05) is 0 Å². The van der Waals surface area contributed by atoms with Crippen LogP contribution < -0.4 is 24.8 Å². The Labute approximate surface area is 133 Å². The molecule has 0 spiro atoms. The fourth-order valence-electron chi connectivity index (χ4n) is 1.49. The van der Waals surface area contributed by atoms with Gasteiger partial charge in [-0.1, -0.05) is 40.5 Å². The number of hydrogen-bond acceptors (Lipinski definition) is 0. The molecule has 0 aromatic rings. The molecule has 17 heavy (non-hydrogen) atoms. The third-order valence-corrected chi connectivity index (χ3v) is 2.25. The maximum absolute atomic E-state index is 3.19. The molecule has 3 heteroatoms. The molecule has 0 amide bonds. The van der Waals surface area contributed by atoms with Gasteiger partial charge in [0.25, 0.3) is 0 Å². The Balaban J connectivity index is -0.000000196. The van der Waals surface area contributed by atoms with E-state index >= 15 is 0 Å². The molecular weight excluding hydrogens is 287 g/mol. The Hall–Kier alpha value is 0.254. The summed E-state index contributed by atoms with van der Waals surface area (Å²) in [5, 5.41) is 0. The van der Waals surface area contributed by atoms with E-state index in [0.29, 0.717) is 0 Å². The molecule has 0 unspecified atom stereocenters. The first-order valence-electron chi connectivity index (χ1n) is 5.10. The van der Waals surface area contributed by atoms with Gasteiger partial charge in [0.1, 0.15) is 0 Å². The van der Waals surface area contributed by atoms with Crippen LogP contribution >= 0.6 is 0 Å². The van der Waals surface area contributed by atoms with Crippen LogP contribution in [0.3, 0.4) is 0 Å². The third kappa shape index (κ3) is 9.91.